The summed E-state index contributed by atoms with van der Waals surface area (Å²) in [6.07, 6.45) is 1.50. The molecule has 0 unspecified atom stereocenters. The Morgan fingerprint density at radius 3 is 2.65 bits per heavy atom. The van der Waals surface area contributed by atoms with Crippen molar-refractivity contribution in [3.63, 3.8) is 0 Å². The molecule has 0 atom stereocenters. The van der Waals surface area contributed by atoms with Gasteiger partial charge in [-0.3, -0.25) is 19.3 Å². The van der Waals surface area contributed by atoms with Crippen LogP contribution in [0.25, 0.3) is 17.4 Å². The molecule has 1 aliphatic rings. The molecule has 1 fully saturated rings. The number of carbonyl (C=O) groups excluding carboxylic acids is 3. The molecule has 31 heavy (non-hydrogen) atoms. The molecule has 3 aromatic rings. The maximum atomic E-state index is 12.7. The molecule has 2 aromatic carbocycles. The number of furan rings is 1. The molecule has 1 aliphatic heterocycles. The van der Waals surface area contributed by atoms with Gasteiger partial charge in [-0.25, -0.2) is 0 Å². The van der Waals surface area contributed by atoms with Gasteiger partial charge in [-0.15, -0.1) is 0 Å². The van der Waals surface area contributed by atoms with Crippen LogP contribution >= 0.6 is 39.3 Å². The molecule has 0 spiro atoms. The maximum Gasteiger partial charge on any atom is 0.294 e. The molecule has 1 aromatic heterocycles. The number of nitrogens with one attached hydrogen (secondary N) is 1. The first kappa shape index (κ1) is 21.4. The van der Waals surface area contributed by atoms with Crippen molar-refractivity contribution in [1.82, 2.24) is 4.90 Å². The Morgan fingerprint density at radius 2 is 1.90 bits per heavy atom. The average Bonchev–Trinajstić information content (AvgIpc) is 3.32. The van der Waals surface area contributed by atoms with Crippen LogP contribution in [-0.4, -0.2) is 28.5 Å². The molecule has 0 aliphatic carbocycles. The van der Waals surface area contributed by atoms with Crippen LogP contribution in [0, 0.1) is 0 Å². The molecule has 0 bridgehead atoms. The molecular formula is C22H14BrClN2O4S. The first-order valence-electron chi connectivity index (χ1n) is 9.06. The zero-order valence-corrected chi connectivity index (χ0v) is 19.0. The van der Waals surface area contributed by atoms with Gasteiger partial charge < -0.3 is 9.73 Å². The van der Waals surface area contributed by atoms with Gasteiger partial charge in [-0.2, -0.15) is 0 Å². The number of anilines is 1. The van der Waals surface area contributed by atoms with Gasteiger partial charge in [0.05, 0.1) is 9.93 Å². The van der Waals surface area contributed by atoms with Crippen molar-refractivity contribution in [2.24, 2.45) is 0 Å². The number of hydrogen-bond donors (Lipinski definition) is 1. The fourth-order valence-corrected chi connectivity index (χ4v) is 4.12. The second kappa shape index (κ2) is 9.13. The van der Waals surface area contributed by atoms with E-state index in [1.165, 1.54) is 6.08 Å². The molecular weight excluding hydrogens is 504 g/mol. The van der Waals surface area contributed by atoms with E-state index >= 15 is 0 Å². The third-order valence-corrected chi connectivity index (χ3v) is 6.48. The Hall–Kier alpha value is -2.81. The van der Waals surface area contributed by atoms with Crippen LogP contribution in [0.1, 0.15) is 5.76 Å². The van der Waals surface area contributed by atoms with E-state index in [1.54, 1.807) is 30.3 Å². The lowest BCUT2D eigenvalue weighted by Gasteiger charge is -2.12. The lowest BCUT2D eigenvalue weighted by molar-refractivity contribution is -0.127. The molecule has 6 nitrogen and oxygen atoms in total. The zero-order chi connectivity index (χ0) is 22.0. The van der Waals surface area contributed by atoms with E-state index in [2.05, 4.69) is 21.2 Å². The molecule has 4 rings (SSSR count). The van der Waals surface area contributed by atoms with Crippen LogP contribution in [0.2, 0.25) is 5.02 Å². The molecule has 0 saturated carbocycles. The van der Waals surface area contributed by atoms with Gasteiger partial charge in [0.2, 0.25) is 5.91 Å². The molecule has 156 valence electrons. The normalized spacial score (nSPS) is 15.0. The predicted octanol–water partition coefficient (Wildman–Crippen LogP) is 6.04. The number of nitrogens with zero attached hydrogens (tertiary/aromatic N) is 1. The Labute approximate surface area is 195 Å². The van der Waals surface area contributed by atoms with Crippen molar-refractivity contribution >= 4 is 68.1 Å². The van der Waals surface area contributed by atoms with Crippen molar-refractivity contribution in [2.45, 2.75) is 0 Å². The van der Waals surface area contributed by atoms with E-state index in [-0.39, 0.29) is 4.91 Å². The van der Waals surface area contributed by atoms with Crippen LogP contribution in [0.15, 0.2) is 74.5 Å². The highest BCUT2D eigenvalue weighted by atomic mass is 79.9. The molecule has 9 heteroatoms. The van der Waals surface area contributed by atoms with Crippen molar-refractivity contribution in [3.05, 3.63) is 80.8 Å². The highest BCUT2D eigenvalue weighted by Crippen LogP contribution is 2.33. The second-order valence-electron chi connectivity index (χ2n) is 6.51. The van der Waals surface area contributed by atoms with Crippen molar-refractivity contribution in [1.29, 1.82) is 0 Å². The SMILES string of the molecule is O=C(CN1C(=O)S/C(=C\c2ccc(-c3ccccc3)o2)C1=O)Nc1ccc(Br)c(Cl)c1. The summed E-state index contributed by atoms with van der Waals surface area (Å²) < 4.78 is 6.46. The summed E-state index contributed by atoms with van der Waals surface area (Å²) >= 11 is 10.1. The van der Waals surface area contributed by atoms with E-state index in [9.17, 15) is 14.4 Å². The number of thioether (sulfide) groups is 1. The molecule has 2 heterocycles. The van der Waals surface area contributed by atoms with Crippen molar-refractivity contribution < 1.29 is 18.8 Å². The van der Waals surface area contributed by atoms with E-state index in [0.29, 0.717) is 26.7 Å². The number of imide groups is 1. The standard InChI is InChI=1S/C22H14BrClN2O4S/c23-16-8-6-14(10-17(16)24)25-20(27)12-26-21(28)19(31-22(26)29)11-15-7-9-18(30-15)13-4-2-1-3-5-13/h1-11H,12H2,(H,25,27)/b19-11-. The van der Waals surface area contributed by atoms with Gasteiger partial charge >= 0.3 is 0 Å². The minimum Gasteiger partial charge on any atom is -0.457 e. The largest absolute Gasteiger partial charge is 0.457 e. The van der Waals surface area contributed by atoms with Gasteiger partial charge in [0, 0.05) is 21.8 Å². The first-order chi connectivity index (χ1) is 14.9. The lowest BCUT2D eigenvalue weighted by atomic mass is 10.2. The quantitative estimate of drug-likeness (QED) is 0.418. The van der Waals surface area contributed by atoms with Gasteiger partial charge in [-0.1, -0.05) is 41.9 Å². The van der Waals surface area contributed by atoms with Crippen LogP contribution in [0.3, 0.4) is 0 Å². The summed E-state index contributed by atoms with van der Waals surface area (Å²) in [5, 5.41) is 2.54. The molecule has 0 radical (unpaired) electrons. The van der Waals surface area contributed by atoms with Crippen LogP contribution in [0.5, 0.6) is 0 Å². The Kier molecular flexibility index (Phi) is 6.31. The number of amides is 3. The fourth-order valence-electron chi connectivity index (χ4n) is 2.87. The fraction of sp³-hybridized carbons (Fsp3) is 0.0455. The minimum absolute atomic E-state index is 0.193. The third kappa shape index (κ3) is 4.92. The van der Waals surface area contributed by atoms with Crippen LogP contribution < -0.4 is 5.32 Å². The zero-order valence-electron chi connectivity index (χ0n) is 15.8. The van der Waals surface area contributed by atoms with Gasteiger partial charge in [0.15, 0.2) is 0 Å². The molecule has 1 saturated heterocycles. The highest BCUT2D eigenvalue weighted by Gasteiger charge is 2.36. The molecule has 3 amide bonds. The van der Waals surface area contributed by atoms with Crippen molar-refractivity contribution in [2.75, 3.05) is 11.9 Å². The Balaban J connectivity index is 1.44. The number of benzene rings is 2. The summed E-state index contributed by atoms with van der Waals surface area (Å²) in [5.41, 5.74) is 1.37. The van der Waals surface area contributed by atoms with E-state index in [4.69, 9.17) is 16.0 Å². The van der Waals surface area contributed by atoms with E-state index in [0.717, 1.165) is 22.2 Å². The van der Waals surface area contributed by atoms with Crippen molar-refractivity contribution in [3.8, 4) is 11.3 Å². The Bertz CT molecular complexity index is 1210. The predicted molar refractivity (Wildman–Crippen MR) is 125 cm³/mol. The van der Waals surface area contributed by atoms with Gasteiger partial charge in [-0.05, 0) is 58.0 Å². The molecule has 1 N–H and O–H groups in total. The summed E-state index contributed by atoms with van der Waals surface area (Å²) in [6.45, 7) is -0.400. The third-order valence-electron chi connectivity index (χ3n) is 4.34. The highest BCUT2D eigenvalue weighted by molar-refractivity contribution is 9.10. The monoisotopic (exact) mass is 516 g/mol. The van der Waals surface area contributed by atoms with Gasteiger partial charge in [0.25, 0.3) is 11.1 Å². The summed E-state index contributed by atoms with van der Waals surface area (Å²) in [5.74, 6) is 0.0416. The number of carbonyl (C=O) groups is 3. The smallest absolute Gasteiger partial charge is 0.294 e. The average molecular weight is 518 g/mol. The van der Waals surface area contributed by atoms with E-state index < -0.39 is 23.6 Å². The lowest BCUT2D eigenvalue weighted by Crippen LogP contribution is -2.36. The number of halogens is 2. The Morgan fingerprint density at radius 1 is 1.13 bits per heavy atom. The minimum atomic E-state index is -0.545. The maximum absolute atomic E-state index is 12.7. The first-order valence-corrected chi connectivity index (χ1v) is 11.0. The number of hydrogen-bond acceptors (Lipinski definition) is 5. The van der Waals surface area contributed by atoms with E-state index in [1.807, 2.05) is 30.3 Å². The van der Waals surface area contributed by atoms with Crippen LogP contribution in [0.4, 0.5) is 10.5 Å². The number of rotatable bonds is 5. The van der Waals surface area contributed by atoms with Crippen LogP contribution in [-0.2, 0) is 9.59 Å². The second-order valence-corrected chi connectivity index (χ2v) is 8.77. The summed E-state index contributed by atoms with van der Waals surface area (Å²) in [7, 11) is 0. The topological polar surface area (TPSA) is 79.6 Å². The summed E-state index contributed by atoms with van der Waals surface area (Å²) in [4.78, 5) is 38.3. The summed E-state index contributed by atoms with van der Waals surface area (Å²) in [6, 6.07) is 18.0. The van der Waals surface area contributed by atoms with Gasteiger partial charge in [0.1, 0.15) is 18.1 Å².